The second-order valence-corrected chi connectivity index (χ2v) is 22.6. The van der Waals surface area contributed by atoms with E-state index in [0.717, 1.165) is 94.0 Å². The minimum atomic E-state index is -0.402. The van der Waals surface area contributed by atoms with E-state index < -0.39 is 9.85 Å². The molecule has 0 radical (unpaired) electrons. The number of nitrogens with zero attached hydrogens (tertiary/aromatic N) is 7. The van der Waals surface area contributed by atoms with Gasteiger partial charge in [-0.15, -0.1) is 0 Å². The number of nitro benzene ring substituents is 2. The lowest BCUT2D eigenvalue weighted by Crippen LogP contribution is -2.44. The third kappa shape index (κ3) is 25.3. The predicted molar refractivity (Wildman–Crippen MR) is 323 cm³/mol. The fraction of sp³-hybridized carbons (Fsp3) is 0.600. The average Bonchev–Trinajstić information content (AvgIpc) is 3.48. The highest BCUT2D eigenvalue weighted by atomic mass is 16.6. The van der Waals surface area contributed by atoms with Crippen LogP contribution in [0.1, 0.15) is 154 Å². The van der Waals surface area contributed by atoms with Gasteiger partial charge in [-0.05, 0) is 209 Å². The maximum Gasteiger partial charge on any atom is 0.269 e. The van der Waals surface area contributed by atoms with Crippen LogP contribution in [0.2, 0.25) is 0 Å². The van der Waals surface area contributed by atoms with Gasteiger partial charge in [-0.25, -0.2) is 0 Å². The first-order valence-corrected chi connectivity index (χ1v) is 30.3. The van der Waals surface area contributed by atoms with Gasteiger partial charge in [0.1, 0.15) is 23.0 Å². The molecule has 0 amide bonds. The molecule has 0 aliphatic carbocycles. The molecular formula is C65H95N7O9. The zero-order valence-corrected chi connectivity index (χ0v) is 49.7. The first kappa shape index (κ1) is 65.7. The van der Waals surface area contributed by atoms with Crippen molar-refractivity contribution < 1.29 is 33.6 Å². The standard InChI is InChI=1S/C18H27NO2.C17H24N2O.2C15H22N2O3/c1-3-18(20)16-7-9-17(10-8-16)21-13-5-12-19-11-4-6-15(2)14-19;1-14-5-3-6-15(2)19(14)11-4-12-20-17-9-7-16(13-18)8-10-17;1-13-7-10-16(11-8-13)9-2-12-20-15-5-3-14(4-6-15)17(18)19;1-13-5-2-3-10-16(13)11-4-12-20-15-8-6-14(7-9-15)17(18)19/h7-10,15H,3-6,11-14H2,1-2H3;7-10,14-15H,3-6,11-12H2,1-2H3;3-6,13H,2,7-12H2,1H3;6-9,13H,2-5,10-12H2,1H3. The monoisotopic (exact) mass is 1120 g/mol. The van der Waals surface area contributed by atoms with Gasteiger partial charge in [0.05, 0.1) is 47.9 Å². The molecule has 4 aliphatic rings. The average molecular weight is 1120 g/mol. The van der Waals surface area contributed by atoms with Crippen molar-refractivity contribution in [1.82, 2.24) is 19.6 Å². The van der Waals surface area contributed by atoms with Crippen LogP contribution >= 0.6 is 0 Å². The number of ketones is 1. The number of likely N-dealkylation sites (tertiary alicyclic amines) is 4. The molecule has 0 spiro atoms. The predicted octanol–water partition coefficient (Wildman–Crippen LogP) is 13.7. The minimum absolute atomic E-state index is 0.0968. The fourth-order valence-electron chi connectivity index (χ4n) is 10.9. The molecule has 4 unspecified atom stereocenters. The molecule has 81 heavy (non-hydrogen) atoms. The highest BCUT2D eigenvalue weighted by Gasteiger charge is 2.24. The van der Waals surface area contributed by atoms with Crippen LogP contribution in [0.25, 0.3) is 0 Å². The maximum atomic E-state index is 11.5. The van der Waals surface area contributed by atoms with Gasteiger partial charge in [0.2, 0.25) is 0 Å². The molecule has 4 atom stereocenters. The van der Waals surface area contributed by atoms with Gasteiger partial charge in [-0.2, -0.15) is 5.26 Å². The summed E-state index contributed by atoms with van der Waals surface area (Å²) >= 11 is 0. The number of ether oxygens (including phenoxy) is 4. The fourth-order valence-corrected chi connectivity index (χ4v) is 10.9. The number of piperidine rings is 4. The van der Waals surface area contributed by atoms with Crippen molar-refractivity contribution in [2.24, 2.45) is 11.8 Å². The lowest BCUT2D eigenvalue weighted by Gasteiger charge is -2.39. The van der Waals surface area contributed by atoms with Crippen LogP contribution in [-0.4, -0.2) is 139 Å². The van der Waals surface area contributed by atoms with E-state index in [0.29, 0.717) is 54.8 Å². The third-order valence-corrected chi connectivity index (χ3v) is 16.0. The zero-order valence-electron chi connectivity index (χ0n) is 49.7. The Morgan fingerprint density at radius 2 is 0.975 bits per heavy atom. The first-order chi connectivity index (χ1) is 39.2. The summed E-state index contributed by atoms with van der Waals surface area (Å²) in [5.41, 5.74) is 1.64. The van der Waals surface area contributed by atoms with Crippen LogP contribution in [0.3, 0.4) is 0 Å². The molecule has 0 aromatic heterocycles. The van der Waals surface area contributed by atoms with Gasteiger partial charge < -0.3 is 33.6 Å². The van der Waals surface area contributed by atoms with Crippen LogP contribution in [0.4, 0.5) is 11.4 Å². The van der Waals surface area contributed by atoms with Crippen LogP contribution in [0, 0.1) is 43.4 Å². The summed E-state index contributed by atoms with van der Waals surface area (Å²) < 4.78 is 22.7. The van der Waals surface area contributed by atoms with Crippen molar-refractivity contribution in [3.63, 3.8) is 0 Å². The minimum Gasteiger partial charge on any atom is -0.494 e. The zero-order chi connectivity index (χ0) is 58.2. The van der Waals surface area contributed by atoms with E-state index in [-0.39, 0.29) is 17.2 Å². The summed E-state index contributed by atoms with van der Waals surface area (Å²) in [6, 6.07) is 31.5. The molecule has 0 N–H and O–H groups in total. The molecule has 4 saturated heterocycles. The van der Waals surface area contributed by atoms with Crippen LogP contribution < -0.4 is 18.9 Å². The summed E-state index contributed by atoms with van der Waals surface area (Å²) in [6.07, 6.45) is 17.9. The molecule has 4 fully saturated rings. The number of carbonyl (C=O) groups excluding carboxylic acids is 1. The number of nitro groups is 2. The number of nitriles is 1. The molecule has 4 aromatic carbocycles. The summed E-state index contributed by atoms with van der Waals surface area (Å²) in [5, 5.41) is 29.8. The van der Waals surface area contributed by atoms with Gasteiger partial charge in [0.15, 0.2) is 5.78 Å². The second-order valence-electron chi connectivity index (χ2n) is 22.6. The molecule has 4 aromatic rings. The summed E-state index contributed by atoms with van der Waals surface area (Å²) in [4.78, 5) is 42.0. The van der Waals surface area contributed by atoms with E-state index in [1.165, 1.54) is 121 Å². The molecule has 444 valence electrons. The lowest BCUT2D eigenvalue weighted by molar-refractivity contribution is -0.385. The molecule has 8 rings (SSSR count). The number of rotatable bonds is 24. The number of benzene rings is 4. The van der Waals surface area contributed by atoms with Gasteiger partial charge in [0.25, 0.3) is 11.4 Å². The quantitative estimate of drug-likeness (QED) is 0.0280. The number of carbonyl (C=O) groups is 1. The summed E-state index contributed by atoms with van der Waals surface area (Å²) in [5.74, 6) is 4.98. The number of hydrogen-bond acceptors (Lipinski definition) is 14. The molecule has 4 heterocycles. The highest BCUT2D eigenvalue weighted by Crippen LogP contribution is 2.24. The maximum absolute atomic E-state index is 11.5. The van der Waals surface area contributed by atoms with Crippen LogP contribution in [0.5, 0.6) is 23.0 Å². The third-order valence-electron chi connectivity index (χ3n) is 16.0. The topological polar surface area (TPSA) is 177 Å². The highest BCUT2D eigenvalue weighted by molar-refractivity contribution is 5.95. The van der Waals surface area contributed by atoms with E-state index >= 15 is 0 Å². The molecule has 0 bridgehead atoms. The Bertz CT molecular complexity index is 2420. The molecule has 16 nitrogen and oxygen atoms in total. The van der Waals surface area contributed by atoms with Crippen molar-refractivity contribution >= 4 is 17.2 Å². The van der Waals surface area contributed by atoms with E-state index in [1.54, 1.807) is 36.4 Å². The van der Waals surface area contributed by atoms with Crippen LogP contribution in [0.15, 0.2) is 97.1 Å². The van der Waals surface area contributed by atoms with Crippen molar-refractivity contribution in [2.45, 2.75) is 156 Å². The second kappa shape index (κ2) is 37.1. The molecule has 4 aliphatic heterocycles. The van der Waals surface area contributed by atoms with Crippen LogP contribution in [-0.2, 0) is 0 Å². The van der Waals surface area contributed by atoms with E-state index in [9.17, 15) is 25.0 Å². The Morgan fingerprint density at radius 3 is 1.44 bits per heavy atom. The smallest absolute Gasteiger partial charge is 0.269 e. The Morgan fingerprint density at radius 1 is 0.519 bits per heavy atom. The van der Waals surface area contributed by atoms with Gasteiger partial charge in [-0.3, -0.25) is 29.9 Å². The van der Waals surface area contributed by atoms with Crippen molar-refractivity contribution in [3.05, 3.63) is 128 Å². The van der Waals surface area contributed by atoms with Gasteiger partial charge in [0, 0.05) is 87.1 Å². The Kier molecular flexibility index (Phi) is 30.1. The Hall–Kier alpha value is -6.12. The summed E-state index contributed by atoms with van der Waals surface area (Å²) in [7, 11) is 0. The number of non-ortho nitro benzene ring substituents is 2. The van der Waals surface area contributed by atoms with Crippen molar-refractivity contribution in [2.75, 3.05) is 85.3 Å². The van der Waals surface area contributed by atoms with E-state index in [4.69, 9.17) is 24.2 Å². The van der Waals surface area contributed by atoms with Gasteiger partial charge in [-0.1, -0.05) is 33.6 Å². The van der Waals surface area contributed by atoms with Crippen molar-refractivity contribution in [1.29, 1.82) is 5.26 Å². The van der Waals surface area contributed by atoms with Crippen molar-refractivity contribution in [3.8, 4) is 29.1 Å². The summed E-state index contributed by atoms with van der Waals surface area (Å²) in [6.45, 7) is 26.7. The lowest BCUT2D eigenvalue weighted by atomic mass is 9.97. The Labute approximate surface area is 484 Å². The molecule has 16 heteroatoms. The largest absolute Gasteiger partial charge is 0.494 e. The van der Waals surface area contributed by atoms with Gasteiger partial charge >= 0.3 is 0 Å². The normalized spacial score (nSPS) is 19.9. The van der Waals surface area contributed by atoms with E-state index in [2.05, 4.69) is 60.3 Å². The SMILES string of the molecule is CC1CCCC(C)N1CCCOc1ccc(C#N)cc1.CC1CCCCN1CCCOc1ccc([N+](=O)[O-])cc1.CC1CCN(CCCOc2ccc([N+](=O)[O-])cc2)CC1.CCC(=O)c1ccc(OCCCN2CCCC(C)C2)cc1. The number of Topliss-reactive ketones (excluding diaryl/α,β-unsaturated/α-hetero) is 1. The Balaban J connectivity index is 0.000000198. The van der Waals surface area contributed by atoms with E-state index in [1.807, 2.05) is 43.3 Å². The first-order valence-electron chi connectivity index (χ1n) is 30.3. The molecular weight excluding hydrogens is 1020 g/mol. The number of hydrogen-bond donors (Lipinski definition) is 0. The molecule has 0 saturated carbocycles.